The fourth-order valence-electron chi connectivity index (χ4n) is 2.42. The van der Waals surface area contributed by atoms with Gasteiger partial charge < -0.3 is 14.8 Å². The first-order valence-corrected chi connectivity index (χ1v) is 9.90. The molecule has 0 bridgehead atoms. The fourth-order valence-corrected chi connectivity index (χ4v) is 3.06. The number of amides is 1. The minimum atomic E-state index is -2.91. The molecule has 1 N–H and O–H groups in total. The van der Waals surface area contributed by atoms with Gasteiger partial charge in [0.2, 0.25) is 0 Å². The smallest absolute Gasteiger partial charge is 0.407 e. The van der Waals surface area contributed by atoms with Gasteiger partial charge >= 0.3 is 6.09 Å². The number of carbonyl (C=O) groups is 1. The molecule has 0 aromatic heterocycles. The van der Waals surface area contributed by atoms with Crippen molar-refractivity contribution in [3.05, 3.63) is 0 Å². The zero-order valence-corrected chi connectivity index (χ0v) is 14.9. The lowest BCUT2D eigenvalue weighted by Gasteiger charge is -2.30. The van der Waals surface area contributed by atoms with Crippen molar-refractivity contribution < 1.29 is 22.7 Å². The van der Waals surface area contributed by atoms with E-state index >= 15 is 0 Å². The van der Waals surface area contributed by atoms with Crippen molar-refractivity contribution in [2.45, 2.75) is 70.6 Å². The molecule has 6 nitrogen and oxygen atoms in total. The Morgan fingerprint density at radius 1 is 1.18 bits per heavy atom. The number of hydrogen-bond donors (Lipinski definition) is 1. The quantitative estimate of drug-likeness (QED) is 0.753. The van der Waals surface area contributed by atoms with Crippen LogP contribution in [0.3, 0.4) is 0 Å². The minimum absolute atomic E-state index is 0.130. The SMILES string of the molecule is CC(C)(C)OC(=O)NC1CCC(OCCCS(C)(=O)=O)CC1. The maximum Gasteiger partial charge on any atom is 0.407 e. The molecule has 0 radical (unpaired) electrons. The predicted octanol–water partition coefficient (Wildman–Crippen LogP) is 2.27. The zero-order valence-electron chi connectivity index (χ0n) is 14.1. The van der Waals surface area contributed by atoms with Crippen LogP contribution in [0.25, 0.3) is 0 Å². The molecule has 1 saturated carbocycles. The van der Waals surface area contributed by atoms with Gasteiger partial charge in [0, 0.05) is 18.9 Å². The van der Waals surface area contributed by atoms with E-state index in [9.17, 15) is 13.2 Å². The standard InChI is InChI=1S/C15H29NO5S/c1-15(2,3)21-14(17)16-12-6-8-13(9-7-12)20-10-5-11-22(4,18)19/h12-13H,5-11H2,1-4H3,(H,16,17). The van der Waals surface area contributed by atoms with E-state index in [1.54, 1.807) is 0 Å². The van der Waals surface area contributed by atoms with Gasteiger partial charge in [-0.2, -0.15) is 0 Å². The van der Waals surface area contributed by atoms with Gasteiger partial charge in [0.15, 0.2) is 0 Å². The monoisotopic (exact) mass is 335 g/mol. The summed E-state index contributed by atoms with van der Waals surface area (Å²) in [6, 6.07) is 0.130. The van der Waals surface area contributed by atoms with Crippen LogP contribution in [0.1, 0.15) is 52.9 Å². The first kappa shape index (κ1) is 19.2. The third-order valence-corrected chi connectivity index (χ3v) is 4.44. The summed E-state index contributed by atoms with van der Waals surface area (Å²) in [6.07, 6.45) is 5.03. The lowest BCUT2D eigenvalue weighted by Crippen LogP contribution is -2.41. The maximum atomic E-state index is 11.7. The highest BCUT2D eigenvalue weighted by atomic mass is 32.2. The average Bonchev–Trinajstić information content (AvgIpc) is 2.33. The summed E-state index contributed by atoms with van der Waals surface area (Å²) >= 11 is 0. The second-order valence-corrected chi connectivity index (χ2v) is 9.23. The zero-order chi connectivity index (χ0) is 16.8. The van der Waals surface area contributed by atoms with Crippen LogP contribution in [-0.2, 0) is 19.3 Å². The van der Waals surface area contributed by atoms with Crippen molar-refractivity contribution in [3.63, 3.8) is 0 Å². The van der Waals surface area contributed by atoms with Gasteiger partial charge in [0.1, 0.15) is 15.4 Å². The second kappa shape index (κ2) is 8.15. The predicted molar refractivity (Wildman–Crippen MR) is 85.7 cm³/mol. The van der Waals surface area contributed by atoms with Crippen LogP contribution in [0.4, 0.5) is 4.79 Å². The molecule has 1 aliphatic carbocycles. The molecule has 7 heteroatoms. The van der Waals surface area contributed by atoms with Gasteiger partial charge in [-0.05, 0) is 52.9 Å². The lowest BCUT2D eigenvalue weighted by atomic mass is 9.93. The Hall–Kier alpha value is -0.820. The number of rotatable bonds is 6. The van der Waals surface area contributed by atoms with Gasteiger partial charge in [-0.1, -0.05) is 0 Å². The van der Waals surface area contributed by atoms with E-state index < -0.39 is 15.4 Å². The fraction of sp³-hybridized carbons (Fsp3) is 0.933. The van der Waals surface area contributed by atoms with Crippen LogP contribution in [0.15, 0.2) is 0 Å². The van der Waals surface area contributed by atoms with E-state index in [0.29, 0.717) is 13.0 Å². The lowest BCUT2D eigenvalue weighted by molar-refractivity contribution is 0.0185. The number of hydrogen-bond acceptors (Lipinski definition) is 5. The molecule has 130 valence electrons. The molecule has 1 rings (SSSR count). The summed E-state index contributed by atoms with van der Waals surface area (Å²) in [5, 5.41) is 2.89. The topological polar surface area (TPSA) is 81.7 Å². The van der Waals surface area contributed by atoms with Crippen LogP contribution >= 0.6 is 0 Å². The summed E-state index contributed by atoms with van der Waals surface area (Å²) in [5.74, 6) is 0.169. The van der Waals surface area contributed by atoms with E-state index in [-0.39, 0.29) is 24.0 Å². The van der Waals surface area contributed by atoms with Crippen molar-refractivity contribution in [2.75, 3.05) is 18.6 Å². The highest BCUT2D eigenvalue weighted by Gasteiger charge is 2.25. The molecule has 0 heterocycles. The third-order valence-electron chi connectivity index (χ3n) is 3.41. The highest BCUT2D eigenvalue weighted by molar-refractivity contribution is 7.90. The molecule has 0 aromatic rings. The summed E-state index contributed by atoms with van der Waals surface area (Å²) in [7, 11) is -2.91. The molecular formula is C15H29NO5S. The molecule has 0 aliphatic heterocycles. The maximum absolute atomic E-state index is 11.7. The van der Waals surface area contributed by atoms with E-state index in [1.165, 1.54) is 6.26 Å². The Morgan fingerprint density at radius 3 is 2.27 bits per heavy atom. The van der Waals surface area contributed by atoms with Crippen LogP contribution in [0.2, 0.25) is 0 Å². The number of alkyl carbamates (subject to hydrolysis) is 1. The van der Waals surface area contributed by atoms with E-state index in [1.807, 2.05) is 20.8 Å². The Labute approximate surface area is 133 Å². The minimum Gasteiger partial charge on any atom is -0.444 e. The molecule has 0 saturated heterocycles. The van der Waals surface area contributed by atoms with Gasteiger partial charge in [-0.25, -0.2) is 13.2 Å². The average molecular weight is 335 g/mol. The Balaban J connectivity index is 2.17. The molecule has 0 atom stereocenters. The van der Waals surface area contributed by atoms with Gasteiger partial charge in [-0.3, -0.25) is 0 Å². The summed E-state index contributed by atoms with van der Waals surface area (Å²) < 4.78 is 33.0. The third kappa shape index (κ3) is 9.25. The highest BCUT2D eigenvalue weighted by Crippen LogP contribution is 2.22. The van der Waals surface area contributed by atoms with Crippen molar-refractivity contribution in [1.29, 1.82) is 0 Å². The van der Waals surface area contributed by atoms with Crippen molar-refractivity contribution in [1.82, 2.24) is 5.32 Å². The van der Waals surface area contributed by atoms with Crippen LogP contribution in [0.5, 0.6) is 0 Å². The number of nitrogens with one attached hydrogen (secondary N) is 1. The van der Waals surface area contributed by atoms with Crippen molar-refractivity contribution in [2.24, 2.45) is 0 Å². The first-order chi connectivity index (χ1) is 10.1. The Bertz CT molecular complexity index is 447. The molecule has 1 fully saturated rings. The molecule has 0 spiro atoms. The number of sulfone groups is 1. The largest absolute Gasteiger partial charge is 0.444 e. The van der Waals surface area contributed by atoms with Gasteiger partial charge in [0.05, 0.1) is 11.9 Å². The normalized spacial score (nSPS) is 23.1. The Morgan fingerprint density at radius 2 is 1.77 bits per heavy atom. The van der Waals surface area contributed by atoms with E-state index in [2.05, 4.69) is 5.32 Å². The molecule has 0 unspecified atom stereocenters. The molecule has 1 amide bonds. The summed E-state index contributed by atoms with van der Waals surface area (Å²) in [4.78, 5) is 11.7. The molecule has 22 heavy (non-hydrogen) atoms. The van der Waals surface area contributed by atoms with Gasteiger partial charge in [0.25, 0.3) is 0 Å². The van der Waals surface area contributed by atoms with Crippen LogP contribution in [-0.4, -0.2) is 50.9 Å². The summed E-state index contributed by atoms with van der Waals surface area (Å²) in [5.41, 5.74) is -0.482. The van der Waals surface area contributed by atoms with E-state index in [4.69, 9.17) is 9.47 Å². The molecule has 1 aliphatic rings. The second-order valence-electron chi connectivity index (χ2n) is 6.97. The van der Waals surface area contributed by atoms with Crippen molar-refractivity contribution in [3.8, 4) is 0 Å². The van der Waals surface area contributed by atoms with Crippen molar-refractivity contribution >= 4 is 15.9 Å². The summed E-state index contributed by atoms with van der Waals surface area (Å²) in [6.45, 7) is 6.00. The van der Waals surface area contributed by atoms with Crippen LogP contribution < -0.4 is 5.32 Å². The van der Waals surface area contributed by atoms with Crippen LogP contribution in [0, 0.1) is 0 Å². The number of ether oxygens (including phenoxy) is 2. The van der Waals surface area contributed by atoms with E-state index in [0.717, 1.165) is 25.7 Å². The first-order valence-electron chi connectivity index (χ1n) is 7.84. The molecular weight excluding hydrogens is 306 g/mol. The van der Waals surface area contributed by atoms with Gasteiger partial charge in [-0.15, -0.1) is 0 Å². The number of carbonyl (C=O) groups excluding carboxylic acids is 1. The molecule has 0 aromatic carbocycles. The Kier molecular flexibility index (Phi) is 7.12.